The number of carbonyl (C=O) groups is 1. The summed E-state index contributed by atoms with van der Waals surface area (Å²) in [5.74, 6) is 0.103. The van der Waals surface area contributed by atoms with Gasteiger partial charge in [-0.1, -0.05) is 13.8 Å². The summed E-state index contributed by atoms with van der Waals surface area (Å²) in [5, 5.41) is 3.29. The lowest BCUT2D eigenvalue weighted by Crippen LogP contribution is -2.26. The molecule has 0 aromatic heterocycles. The van der Waals surface area contributed by atoms with Crippen molar-refractivity contribution in [1.29, 1.82) is 0 Å². The second-order valence-electron chi connectivity index (χ2n) is 3.10. The molecule has 0 aliphatic rings. The van der Waals surface area contributed by atoms with Crippen LogP contribution in [0.2, 0.25) is 0 Å². The van der Waals surface area contributed by atoms with E-state index in [4.69, 9.17) is 0 Å². The van der Waals surface area contributed by atoms with Gasteiger partial charge in [-0.2, -0.15) is 0 Å². The lowest BCUT2D eigenvalue weighted by Gasteiger charge is -2.15. The third-order valence-electron chi connectivity index (χ3n) is 1.84. The molecule has 0 saturated carbocycles. The number of allylic oxidation sites excluding steroid dienone is 2. The van der Waals surface area contributed by atoms with Crippen LogP contribution in [0, 0.1) is 0 Å². The standard InChI is InChI=1S/C10H19NO/c1-5-10(6-2)11-8(3)7-9(4)12/h7,10-11H,5-6H2,1-4H3. The second-order valence-corrected chi connectivity index (χ2v) is 3.10. The first-order valence-electron chi connectivity index (χ1n) is 4.55. The van der Waals surface area contributed by atoms with E-state index in [0.29, 0.717) is 6.04 Å². The molecule has 0 atom stereocenters. The molecular formula is C10H19NO. The smallest absolute Gasteiger partial charge is 0.154 e. The molecule has 0 aliphatic heterocycles. The number of hydrogen-bond donors (Lipinski definition) is 1. The molecular weight excluding hydrogens is 150 g/mol. The molecule has 0 unspecified atom stereocenters. The van der Waals surface area contributed by atoms with Crippen LogP contribution in [0.5, 0.6) is 0 Å². The predicted molar refractivity (Wildman–Crippen MR) is 51.9 cm³/mol. The summed E-state index contributed by atoms with van der Waals surface area (Å²) >= 11 is 0. The van der Waals surface area contributed by atoms with E-state index < -0.39 is 0 Å². The van der Waals surface area contributed by atoms with Gasteiger partial charge in [-0.25, -0.2) is 0 Å². The van der Waals surface area contributed by atoms with Crippen molar-refractivity contribution in [2.24, 2.45) is 0 Å². The van der Waals surface area contributed by atoms with Crippen molar-refractivity contribution in [3.05, 3.63) is 11.8 Å². The van der Waals surface area contributed by atoms with E-state index in [1.165, 1.54) is 0 Å². The first-order valence-corrected chi connectivity index (χ1v) is 4.55. The molecule has 0 rings (SSSR count). The maximum atomic E-state index is 10.7. The monoisotopic (exact) mass is 169 g/mol. The third kappa shape index (κ3) is 4.94. The van der Waals surface area contributed by atoms with E-state index in [9.17, 15) is 4.79 Å². The van der Waals surface area contributed by atoms with Crippen molar-refractivity contribution in [3.63, 3.8) is 0 Å². The Morgan fingerprint density at radius 2 is 1.83 bits per heavy atom. The van der Waals surface area contributed by atoms with Crippen molar-refractivity contribution >= 4 is 5.78 Å². The van der Waals surface area contributed by atoms with Gasteiger partial charge in [0.15, 0.2) is 5.78 Å². The number of carbonyl (C=O) groups excluding carboxylic acids is 1. The van der Waals surface area contributed by atoms with Crippen LogP contribution in [0.15, 0.2) is 11.8 Å². The minimum Gasteiger partial charge on any atom is -0.386 e. The fraction of sp³-hybridized carbons (Fsp3) is 0.700. The number of hydrogen-bond acceptors (Lipinski definition) is 2. The average molecular weight is 169 g/mol. The Morgan fingerprint density at radius 1 is 1.33 bits per heavy atom. The number of rotatable bonds is 5. The minimum absolute atomic E-state index is 0.103. The fourth-order valence-corrected chi connectivity index (χ4v) is 1.16. The minimum atomic E-state index is 0.103. The lowest BCUT2D eigenvalue weighted by atomic mass is 10.1. The van der Waals surface area contributed by atoms with E-state index in [2.05, 4.69) is 19.2 Å². The number of nitrogens with one attached hydrogen (secondary N) is 1. The third-order valence-corrected chi connectivity index (χ3v) is 1.84. The summed E-state index contributed by atoms with van der Waals surface area (Å²) < 4.78 is 0. The van der Waals surface area contributed by atoms with E-state index in [0.717, 1.165) is 18.5 Å². The first kappa shape index (κ1) is 11.2. The topological polar surface area (TPSA) is 29.1 Å². The largest absolute Gasteiger partial charge is 0.386 e. The molecule has 0 amide bonds. The van der Waals surface area contributed by atoms with Gasteiger partial charge in [-0.05, 0) is 32.8 Å². The molecule has 12 heavy (non-hydrogen) atoms. The van der Waals surface area contributed by atoms with Crippen molar-refractivity contribution in [2.75, 3.05) is 0 Å². The predicted octanol–water partition coefficient (Wildman–Crippen LogP) is 2.26. The highest BCUT2D eigenvalue weighted by Gasteiger charge is 2.01. The Balaban J connectivity index is 3.97. The van der Waals surface area contributed by atoms with Gasteiger partial charge in [0.25, 0.3) is 0 Å². The quantitative estimate of drug-likeness (QED) is 0.640. The van der Waals surface area contributed by atoms with Crippen LogP contribution in [0.1, 0.15) is 40.5 Å². The molecule has 0 fully saturated rings. The zero-order chi connectivity index (χ0) is 9.56. The summed E-state index contributed by atoms with van der Waals surface area (Å²) in [5.41, 5.74) is 0.969. The maximum Gasteiger partial charge on any atom is 0.154 e. The van der Waals surface area contributed by atoms with Gasteiger partial charge < -0.3 is 5.32 Å². The van der Waals surface area contributed by atoms with E-state index in [1.807, 2.05) is 6.92 Å². The van der Waals surface area contributed by atoms with Crippen molar-refractivity contribution in [3.8, 4) is 0 Å². The molecule has 2 nitrogen and oxygen atoms in total. The van der Waals surface area contributed by atoms with Gasteiger partial charge in [0, 0.05) is 11.7 Å². The first-order chi connectivity index (χ1) is 5.60. The zero-order valence-corrected chi connectivity index (χ0v) is 8.48. The Kier molecular flexibility index (Phi) is 5.43. The van der Waals surface area contributed by atoms with Crippen LogP contribution in [-0.2, 0) is 4.79 Å². The Morgan fingerprint density at radius 3 is 2.17 bits per heavy atom. The molecule has 70 valence electrons. The fourth-order valence-electron chi connectivity index (χ4n) is 1.16. The average Bonchev–Trinajstić information content (AvgIpc) is 1.98. The van der Waals surface area contributed by atoms with Crippen molar-refractivity contribution in [1.82, 2.24) is 5.32 Å². The summed E-state index contributed by atoms with van der Waals surface area (Å²) in [6.45, 7) is 7.78. The van der Waals surface area contributed by atoms with Gasteiger partial charge in [0.1, 0.15) is 0 Å². The molecule has 0 aliphatic carbocycles. The molecule has 0 spiro atoms. The summed E-state index contributed by atoms with van der Waals surface area (Å²) in [6, 6.07) is 0.501. The Labute approximate surface area is 75.0 Å². The van der Waals surface area contributed by atoms with Gasteiger partial charge in [-0.3, -0.25) is 4.79 Å². The molecule has 0 heterocycles. The van der Waals surface area contributed by atoms with Crippen LogP contribution in [-0.4, -0.2) is 11.8 Å². The molecule has 0 aromatic carbocycles. The molecule has 0 aromatic rings. The Bertz CT molecular complexity index is 169. The van der Waals surface area contributed by atoms with Gasteiger partial charge in [-0.15, -0.1) is 0 Å². The second kappa shape index (κ2) is 5.81. The lowest BCUT2D eigenvalue weighted by molar-refractivity contribution is -0.112. The highest BCUT2D eigenvalue weighted by molar-refractivity contribution is 5.87. The van der Waals surface area contributed by atoms with Crippen LogP contribution >= 0.6 is 0 Å². The zero-order valence-electron chi connectivity index (χ0n) is 8.48. The summed E-state index contributed by atoms with van der Waals surface area (Å²) in [7, 11) is 0. The van der Waals surface area contributed by atoms with Gasteiger partial charge in [0.05, 0.1) is 0 Å². The van der Waals surface area contributed by atoms with Crippen molar-refractivity contribution < 1.29 is 4.79 Å². The molecule has 0 saturated heterocycles. The van der Waals surface area contributed by atoms with E-state index >= 15 is 0 Å². The normalized spacial score (nSPS) is 11.9. The molecule has 0 radical (unpaired) electrons. The molecule has 1 N–H and O–H groups in total. The molecule has 2 heteroatoms. The highest BCUT2D eigenvalue weighted by Crippen LogP contribution is 1.99. The van der Waals surface area contributed by atoms with Gasteiger partial charge in [0.2, 0.25) is 0 Å². The van der Waals surface area contributed by atoms with Crippen LogP contribution in [0.4, 0.5) is 0 Å². The van der Waals surface area contributed by atoms with Crippen LogP contribution in [0.25, 0.3) is 0 Å². The summed E-state index contributed by atoms with van der Waals surface area (Å²) in [6.07, 6.45) is 3.83. The maximum absolute atomic E-state index is 10.7. The number of ketones is 1. The van der Waals surface area contributed by atoms with E-state index in [-0.39, 0.29) is 5.78 Å². The SMILES string of the molecule is CCC(CC)NC(C)=CC(C)=O. The Hall–Kier alpha value is -0.790. The van der Waals surface area contributed by atoms with Crippen LogP contribution < -0.4 is 5.32 Å². The molecule has 0 bridgehead atoms. The van der Waals surface area contributed by atoms with Crippen LogP contribution in [0.3, 0.4) is 0 Å². The van der Waals surface area contributed by atoms with E-state index in [1.54, 1.807) is 13.0 Å². The highest BCUT2D eigenvalue weighted by atomic mass is 16.1. The van der Waals surface area contributed by atoms with Crippen molar-refractivity contribution in [2.45, 2.75) is 46.6 Å². The van der Waals surface area contributed by atoms with Gasteiger partial charge >= 0.3 is 0 Å². The summed E-state index contributed by atoms with van der Waals surface area (Å²) in [4.78, 5) is 10.7.